The molecule has 0 aliphatic carbocycles. The molecule has 0 aromatic heterocycles. The number of rotatable bonds is 1. The fourth-order valence-electron chi connectivity index (χ4n) is 0.763. The second-order valence-corrected chi connectivity index (χ2v) is 2.19. The first-order valence-electron chi connectivity index (χ1n) is 3.01. The van der Waals surface area contributed by atoms with E-state index in [4.69, 9.17) is 10.3 Å². The van der Waals surface area contributed by atoms with Gasteiger partial charge in [-0.2, -0.15) is 5.48 Å². The van der Waals surface area contributed by atoms with Crippen molar-refractivity contribution in [3.63, 3.8) is 0 Å². The average Bonchev–Trinajstić information content (AvgIpc) is 1.88. The fraction of sp³-hybridized carbons (Fsp3) is 0.143. The minimum Gasteiger partial charge on any atom is -0.503 e. The molecule has 3 nitrogen and oxygen atoms in total. The number of phenols is 1. The number of hydrogen-bond acceptors (Lipinski definition) is 2. The van der Waals surface area contributed by atoms with Crippen LogP contribution in [-0.4, -0.2) is 10.3 Å². The molecular weight excluding hydrogens is 130 g/mol. The zero-order chi connectivity index (χ0) is 7.56. The maximum atomic E-state index is 9.10. The molecule has 0 heterocycles. The van der Waals surface area contributed by atoms with Gasteiger partial charge < -0.3 is 5.11 Å². The number of benzene rings is 1. The largest absolute Gasteiger partial charge is 0.503 e. The molecule has 1 aromatic rings. The molecule has 0 amide bonds. The van der Waals surface area contributed by atoms with Crippen LogP contribution in [0.25, 0.3) is 0 Å². The highest BCUT2D eigenvalue weighted by Gasteiger charge is 2.01. The highest BCUT2D eigenvalue weighted by molar-refractivity contribution is 5.45. The third kappa shape index (κ3) is 1.26. The average molecular weight is 140 g/mol. The predicted molar refractivity (Wildman–Crippen MR) is 36.2 cm³/mol. The number of nitrogens with two attached hydrogens (primary N) is 1. The summed E-state index contributed by atoms with van der Waals surface area (Å²) in [5, 5.41) is 17.6. The van der Waals surface area contributed by atoms with Gasteiger partial charge in [-0.05, 0) is 18.6 Å². The molecule has 0 aliphatic heterocycles. The zero-order valence-electron chi connectivity index (χ0n) is 5.70. The van der Waals surface area contributed by atoms with Crippen LogP contribution in [0.15, 0.2) is 18.2 Å². The quantitative estimate of drug-likeness (QED) is 0.298. The normalized spacial score (nSPS) is 9.80. The van der Waals surface area contributed by atoms with Gasteiger partial charge in [-0.15, -0.1) is 0 Å². The molecule has 0 saturated carbocycles. The van der Waals surface area contributed by atoms with E-state index in [1.54, 1.807) is 12.1 Å². The van der Waals surface area contributed by atoms with Gasteiger partial charge in [-0.25, -0.2) is 5.21 Å². The molecule has 0 atom stereocenters. The minimum atomic E-state index is 0.113. The third-order valence-electron chi connectivity index (χ3n) is 1.33. The number of aryl methyl sites for hydroxylation is 1. The standard InChI is InChI=1S/C7H9NO2/c1-5-2-3-6(8-10)7(9)4-5/h2-4,8-10H,1H3/p+1. The molecule has 1 aromatic carbocycles. The summed E-state index contributed by atoms with van der Waals surface area (Å²) in [6.07, 6.45) is 0. The predicted octanol–water partition coefficient (Wildman–Crippen LogP) is 0.285. The van der Waals surface area contributed by atoms with E-state index in [2.05, 4.69) is 0 Å². The lowest BCUT2D eigenvalue weighted by Gasteiger charge is -1.96. The molecule has 0 unspecified atom stereocenters. The smallest absolute Gasteiger partial charge is 0.203 e. The Morgan fingerprint density at radius 2 is 2.10 bits per heavy atom. The fourth-order valence-corrected chi connectivity index (χ4v) is 0.763. The van der Waals surface area contributed by atoms with Crippen molar-refractivity contribution >= 4 is 5.69 Å². The van der Waals surface area contributed by atoms with E-state index >= 15 is 0 Å². The first kappa shape index (κ1) is 7.05. The van der Waals surface area contributed by atoms with E-state index in [1.807, 2.05) is 13.0 Å². The van der Waals surface area contributed by atoms with Gasteiger partial charge in [0.25, 0.3) is 0 Å². The van der Waals surface area contributed by atoms with Crippen LogP contribution in [0.1, 0.15) is 5.56 Å². The number of hydrogen-bond donors (Lipinski definition) is 3. The van der Waals surface area contributed by atoms with E-state index in [1.165, 1.54) is 0 Å². The van der Waals surface area contributed by atoms with Gasteiger partial charge in [-0.3, -0.25) is 0 Å². The van der Waals surface area contributed by atoms with E-state index in [0.717, 1.165) is 11.0 Å². The Morgan fingerprint density at radius 1 is 1.40 bits per heavy atom. The molecule has 10 heavy (non-hydrogen) atoms. The summed E-state index contributed by atoms with van der Waals surface area (Å²) in [4.78, 5) is 0. The lowest BCUT2D eigenvalue weighted by atomic mass is 10.2. The summed E-state index contributed by atoms with van der Waals surface area (Å²) in [7, 11) is 0. The molecule has 0 bridgehead atoms. The molecule has 0 spiro atoms. The highest BCUT2D eigenvalue weighted by atomic mass is 16.5. The van der Waals surface area contributed by atoms with E-state index in [9.17, 15) is 0 Å². The molecule has 0 saturated heterocycles. The van der Waals surface area contributed by atoms with Crippen LogP contribution in [0.4, 0.5) is 5.69 Å². The van der Waals surface area contributed by atoms with Crippen molar-refractivity contribution in [2.24, 2.45) is 0 Å². The van der Waals surface area contributed by atoms with Crippen molar-refractivity contribution in [1.29, 1.82) is 0 Å². The Hall–Kier alpha value is -1.06. The van der Waals surface area contributed by atoms with Crippen LogP contribution in [0.3, 0.4) is 0 Å². The van der Waals surface area contributed by atoms with Crippen LogP contribution in [0.5, 0.6) is 5.75 Å². The molecular formula is C7H10NO2+. The van der Waals surface area contributed by atoms with E-state index < -0.39 is 0 Å². The Balaban J connectivity index is 3.07. The van der Waals surface area contributed by atoms with Crippen molar-refractivity contribution in [3.05, 3.63) is 23.8 Å². The topological polar surface area (TPSA) is 57.1 Å². The SMILES string of the molecule is Cc1ccc([NH2+]O)c(O)c1. The van der Waals surface area contributed by atoms with Crippen LogP contribution < -0.4 is 5.48 Å². The molecule has 4 N–H and O–H groups in total. The van der Waals surface area contributed by atoms with Gasteiger partial charge in [0, 0.05) is 6.07 Å². The minimum absolute atomic E-state index is 0.113. The van der Waals surface area contributed by atoms with Crippen molar-refractivity contribution in [1.82, 2.24) is 0 Å². The number of phenolic OH excluding ortho intramolecular Hbond substituents is 1. The zero-order valence-corrected chi connectivity index (χ0v) is 5.70. The summed E-state index contributed by atoms with van der Waals surface area (Å²) in [6.45, 7) is 1.88. The summed E-state index contributed by atoms with van der Waals surface area (Å²) < 4.78 is 0. The van der Waals surface area contributed by atoms with Crippen LogP contribution in [0.2, 0.25) is 0 Å². The monoisotopic (exact) mass is 140 g/mol. The molecule has 0 radical (unpaired) electrons. The van der Waals surface area contributed by atoms with Crippen LogP contribution >= 0.6 is 0 Å². The van der Waals surface area contributed by atoms with Crippen molar-refractivity contribution in [2.75, 3.05) is 0 Å². The summed E-state index contributed by atoms with van der Waals surface area (Å²) in [5.74, 6) is 0.113. The lowest BCUT2D eigenvalue weighted by Crippen LogP contribution is -2.73. The van der Waals surface area contributed by atoms with Gasteiger partial charge in [0.15, 0.2) is 5.75 Å². The molecule has 54 valence electrons. The Morgan fingerprint density at radius 3 is 2.60 bits per heavy atom. The maximum absolute atomic E-state index is 9.10. The summed E-state index contributed by atoms with van der Waals surface area (Å²) in [6, 6.07) is 5.08. The second-order valence-electron chi connectivity index (χ2n) is 2.19. The molecule has 0 aliphatic rings. The maximum Gasteiger partial charge on any atom is 0.203 e. The molecule has 1 rings (SSSR count). The Bertz CT molecular complexity index is 235. The summed E-state index contributed by atoms with van der Waals surface area (Å²) in [5.41, 5.74) is 2.31. The first-order chi connectivity index (χ1) is 4.74. The van der Waals surface area contributed by atoms with Crippen molar-refractivity contribution in [3.8, 4) is 5.75 Å². The van der Waals surface area contributed by atoms with E-state index in [-0.39, 0.29) is 5.75 Å². The van der Waals surface area contributed by atoms with Gasteiger partial charge in [0.2, 0.25) is 5.69 Å². The van der Waals surface area contributed by atoms with Gasteiger partial charge in [0.05, 0.1) is 0 Å². The Labute approximate surface area is 58.9 Å². The van der Waals surface area contributed by atoms with Crippen LogP contribution in [0, 0.1) is 6.92 Å². The summed E-state index contributed by atoms with van der Waals surface area (Å²) >= 11 is 0. The van der Waals surface area contributed by atoms with Gasteiger partial charge in [-0.1, -0.05) is 6.07 Å². The molecule has 3 heteroatoms. The van der Waals surface area contributed by atoms with Crippen molar-refractivity contribution < 1.29 is 15.8 Å². The van der Waals surface area contributed by atoms with Gasteiger partial charge in [0.1, 0.15) is 0 Å². The first-order valence-corrected chi connectivity index (χ1v) is 3.01. The van der Waals surface area contributed by atoms with E-state index in [0.29, 0.717) is 5.69 Å². The Kier molecular flexibility index (Phi) is 1.89. The third-order valence-corrected chi connectivity index (χ3v) is 1.33. The van der Waals surface area contributed by atoms with Crippen LogP contribution in [-0.2, 0) is 0 Å². The highest BCUT2D eigenvalue weighted by Crippen LogP contribution is 2.18. The lowest BCUT2D eigenvalue weighted by molar-refractivity contribution is -0.826. The van der Waals surface area contributed by atoms with Gasteiger partial charge >= 0.3 is 0 Å². The molecule has 0 fully saturated rings. The number of aromatic hydroxyl groups is 1. The van der Waals surface area contributed by atoms with Crippen molar-refractivity contribution in [2.45, 2.75) is 6.92 Å². The second kappa shape index (κ2) is 2.68. The number of quaternary nitrogens is 1.